The first-order valence-corrected chi connectivity index (χ1v) is 17.1. The van der Waals surface area contributed by atoms with Crippen molar-refractivity contribution in [3.63, 3.8) is 0 Å². The molecule has 1 fully saturated rings. The summed E-state index contributed by atoms with van der Waals surface area (Å²) in [6.07, 6.45) is 7.23. The number of aliphatic hydroxyl groups is 1. The van der Waals surface area contributed by atoms with Gasteiger partial charge in [0.1, 0.15) is 18.5 Å². The molecule has 1 aliphatic heterocycles. The fraction of sp³-hybridized carbons (Fsp3) is 0.410. The topological polar surface area (TPSA) is 104 Å². The molecular weight excluding hydrogens is 588 g/mol. The molecule has 3 atom stereocenters. The molecule has 0 radical (unpaired) electrons. The Morgan fingerprint density at radius 1 is 0.787 bits per heavy atom. The average molecular weight is 637 g/mol. The van der Waals surface area contributed by atoms with Crippen molar-refractivity contribution < 1.29 is 19.4 Å². The Hall–Kier alpha value is -4.27. The lowest BCUT2D eigenvalue weighted by Gasteiger charge is -2.37. The number of pyridine rings is 1. The van der Waals surface area contributed by atoms with E-state index in [0.717, 1.165) is 49.4 Å². The molecule has 248 valence electrons. The number of benzene rings is 3. The van der Waals surface area contributed by atoms with E-state index in [1.807, 2.05) is 66.7 Å². The van der Waals surface area contributed by atoms with Crippen molar-refractivity contribution in [3.05, 3.63) is 108 Å². The summed E-state index contributed by atoms with van der Waals surface area (Å²) < 4.78 is 6.00. The number of unbranched alkanes of at least 4 members (excludes halogenated alkanes) is 2. The van der Waals surface area contributed by atoms with Gasteiger partial charge in [-0.15, -0.1) is 0 Å². The van der Waals surface area contributed by atoms with E-state index in [1.165, 1.54) is 11.1 Å². The lowest BCUT2D eigenvalue weighted by atomic mass is 9.83. The Morgan fingerprint density at radius 3 is 2.09 bits per heavy atom. The lowest BCUT2D eigenvalue weighted by Crippen LogP contribution is -2.53. The van der Waals surface area contributed by atoms with Crippen molar-refractivity contribution >= 4 is 22.7 Å². The van der Waals surface area contributed by atoms with Gasteiger partial charge in [0.2, 0.25) is 11.8 Å². The first-order valence-electron chi connectivity index (χ1n) is 17.1. The minimum Gasteiger partial charge on any atom is -0.490 e. The quantitative estimate of drug-likeness (QED) is 0.138. The van der Waals surface area contributed by atoms with Crippen LogP contribution >= 0.6 is 0 Å². The number of nitrogens with zero attached hydrogens (tertiary/aromatic N) is 2. The van der Waals surface area contributed by atoms with Gasteiger partial charge >= 0.3 is 0 Å². The van der Waals surface area contributed by atoms with Gasteiger partial charge < -0.3 is 20.5 Å². The maximum absolute atomic E-state index is 13.5. The summed E-state index contributed by atoms with van der Waals surface area (Å²) in [7, 11) is 0. The molecule has 3 aromatic carbocycles. The van der Waals surface area contributed by atoms with Gasteiger partial charge in [-0.05, 0) is 86.9 Å². The third-order valence-electron chi connectivity index (χ3n) is 8.94. The summed E-state index contributed by atoms with van der Waals surface area (Å²) >= 11 is 0. The van der Waals surface area contributed by atoms with Crippen molar-refractivity contribution in [1.82, 2.24) is 20.5 Å². The normalized spacial score (nSPS) is 17.2. The number of rotatable bonds is 17. The molecule has 4 aromatic rings. The molecule has 8 heteroatoms. The predicted molar refractivity (Wildman–Crippen MR) is 186 cm³/mol. The Bertz CT molecular complexity index is 1530. The number of nitrogens with one attached hydrogen (secondary N) is 2. The predicted octanol–water partition coefficient (Wildman–Crippen LogP) is 5.19. The number of fused-ring (bicyclic) bond motifs is 1. The van der Waals surface area contributed by atoms with Crippen molar-refractivity contribution in [2.45, 2.75) is 51.0 Å². The molecule has 1 aromatic heterocycles. The summed E-state index contributed by atoms with van der Waals surface area (Å²) in [6.45, 7) is 2.69. The second kappa shape index (κ2) is 18.2. The zero-order valence-corrected chi connectivity index (χ0v) is 27.2. The summed E-state index contributed by atoms with van der Waals surface area (Å²) in [5, 5.41) is 18.0. The van der Waals surface area contributed by atoms with Gasteiger partial charge in [0.05, 0.1) is 17.4 Å². The summed E-state index contributed by atoms with van der Waals surface area (Å²) in [5.74, 6) is -0.353. The van der Waals surface area contributed by atoms with E-state index in [9.17, 15) is 14.7 Å². The van der Waals surface area contributed by atoms with Crippen molar-refractivity contribution in [2.24, 2.45) is 11.8 Å². The number of aliphatic hydroxyl groups excluding tert-OH is 1. The number of amides is 2. The summed E-state index contributed by atoms with van der Waals surface area (Å²) in [6, 6.07) is 30.2. The van der Waals surface area contributed by atoms with Crippen LogP contribution in [0.3, 0.4) is 0 Å². The highest BCUT2D eigenvalue weighted by Gasteiger charge is 2.38. The number of piperidine rings is 1. The fourth-order valence-corrected chi connectivity index (χ4v) is 6.39. The van der Waals surface area contributed by atoms with E-state index in [-0.39, 0.29) is 18.4 Å². The number of aryl methyl sites for hydroxylation is 2. The minimum absolute atomic E-state index is 0.0537. The summed E-state index contributed by atoms with van der Waals surface area (Å²) in [5.41, 5.74) is 3.43. The number of β-amino-alcohol motifs (C(OH)–C–C–N with tert-alkyl or cyclic N) is 1. The van der Waals surface area contributed by atoms with Crippen molar-refractivity contribution in [2.75, 3.05) is 39.3 Å². The monoisotopic (exact) mass is 636 g/mol. The molecule has 0 spiro atoms. The highest BCUT2D eigenvalue weighted by Crippen LogP contribution is 2.26. The summed E-state index contributed by atoms with van der Waals surface area (Å²) in [4.78, 5) is 33.4. The van der Waals surface area contributed by atoms with Crippen LogP contribution < -0.4 is 15.4 Å². The van der Waals surface area contributed by atoms with E-state index in [2.05, 4.69) is 44.8 Å². The van der Waals surface area contributed by atoms with Gasteiger partial charge in [0.15, 0.2) is 0 Å². The standard InChI is InChI=1S/C39H48N4O4/c44-32(29-47-37-21-11-20-36-34(37)19-12-25-40-36)27-43-26-22-33(38(45)41-23-9-7-17-30-13-3-1-4-14-30)35(28-43)39(46)42-24-10-8-18-31-15-5-2-6-16-31/h1-6,11-16,19-21,25,32-33,35,44H,7-10,17-18,22-24,26-29H2,(H,41,45)(H,42,46)/t32?,33-,35?/m1/s1. The first-order chi connectivity index (χ1) is 23.1. The van der Waals surface area contributed by atoms with E-state index < -0.39 is 17.9 Å². The van der Waals surface area contributed by atoms with Gasteiger partial charge in [-0.1, -0.05) is 66.7 Å². The number of carbonyl (C=O) groups is 2. The van der Waals surface area contributed by atoms with Crippen LogP contribution in [0.4, 0.5) is 0 Å². The Kier molecular flexibility index (Phi) is 13.2. The smallest absolute Gasteiger partial charge is 0.225 e. The fourth-order valence-electron chi connectivity index (χ4n) is 6.39. The van der Waals surface area contributed by atoms with Crippen LogP contribution in [0, 0.1) is 11.8 Å². The van der Waals surface area contributed by atoms with Crippen LogP contribution in [0.2, 0.25) is 0 Å². The van der Waals surface area contributed by atoms with Gasteiger partial charge in [-0.2, -0.15) is 0 Å². The molecule has 8 nitrogen and oxygen atoms in total. The van der Waals surface area contributed by atoms with Gasteiger partial charge in [-0.3, -0.25) is 19.5 Å². The molecule has 47 heavy (non-hydrogen) atoms. The third kappa shape index (κ3) is 10.6. The van der Waals surface area contributed by atoms with Gasteiger partial charge in [0, 0.05) is 37.8 Å². The molecule has 0 saturated carbocycles. The Labute approximate surface area is 278 Å². The number of likely N-dealkylation sites (tertiary alicyclic amines) is 1. The number of carbonyl (C=O) groups excluding carboxylic acids is 2. The second-order valence-corrected chi connectivity index (χ2v) is 12.5. The first kappa shape index (κ1) is 34.1. The highest BCUT2D eigenvalue weighted by molar-refractivity contribution is 5.88. The van der Waals surface area contributed by atoms with Gasteiger partial charge in [0.25, 0.3) is 0 Å². The minimum atomic E-state index is -0.751. The average Bonchev–Trinajstić information content (AvgIpc) is 3.11. The van der Waals surface area contributed by atoms with Crippen LogP contribution in [0.15, 0.2) is 97.2 Å². The molecule has 0 bridgehead atoms. The van der Waals surface area contributed by atoms with Crippen LogP contribution in [0.25, 0.3) is 10.9 Å². The van der Waals surface area contributed by atoms with Crippen molar-refractivity contribution in [3.8, 4) is 5.75 Å². The van der Waals surface area contributed by atoms with E-state index >= 15 is 0 Å². The maximum atomic E-state index is 13.5. The SMILES string of the molecule is O=C(NCCCCc1ccccc1)C1CN(CC(O)COc2cccc3ncccc23)CC[C@H]1C(=O)NCCCCc1ccccc1. The maximum Gasteiger partial charge on any atom is 0.225 e. The molecule has 0 aliphatic carbocycles. The van der Waals surface area contributed by atoms with E-state index in [1.54, 1.807) is 6.20 Å². The Morgan fingerprint density at radius 2 is 1.43 bits per heavy atom. The molecule has 5 rings (SSSR count). The number of hydrogen-bond donors (Lipinski definition) is 3. The zero-order valence-electron chi connectivity index (χ0n) is 27.2. The molecular formula is C39H48N4O4. The van der Waals surface area contributed by atoms with Crippen LogP contribution in [0.1, 0.15) is 43.2 Å². The molecule has 1 aliphatic rings. The zero-order chi connectivity index (χ0) is 32.7. The molecule has 2 heterocycles. The lowest BCUT2D eigenvalue weighted by molar-refractivity contribution is -0.138. The van der Waals surface area contributed by atoms with E-state index in [0.29, 0.717) is 44.9 Å². The number of ether oxygens (including phenoxy) is 1. The highest BCUT2D eigenvalue weighted by atomic mass is 16.5. The largest absolute Gasteiger partial charge is 0.490 e. The molecule has 2 unspecified atom stereocenters. The molecule has 2 amide bonds. The number of hydrogen-bond acceptors (Lipinski definition) is 6. The third-order valence-corrected chi connectivity index (χ3v) is 8.94. The van der Waals surface area contributed by atoms with Gasteiger partial charge in [-0.25, -0.2) is 0 Å². The number of aromatic nitrogens is 1. The molecule has 1 saturated heterocycles. The second-order valence-electron chi connectivity index (χ2n) is 12.5. The Balaban J connectivity index is 1.12. The van der Waals surface area contributed by atoms with Crippen LogP contribution in [-0.4, -0.2) is 72.2 Å². The van der Waals surface area contributed by atoms with E-state index in [4.69, 9.17) is 4.74 Å². The van der Waals surface area contributed by atoms with Crippen LogP contribution in [0.5, 0.6) is 5.75 Å². The van der Waals surface area contributed by atoms with Crippen molar-refractivity contribution in [1.29, 1.82) is 0 Å². The van der Waals surface area contributed by atoms with Crippen LogP contribution in [-0.2, 0) is 22.4 Å². The molecule has 3 N–H and O–H groups in total.